The van der Waals surface area contributed by atoms with Gasteiger partial charge in [-0.1, -0.05) is 0 Å². The third-order valence-electron chi connectivity index (χ3n) is 2.15. The molecule has 1 aromatic carbocycles. The molecule has 0 saturated carbocycles. The number of non-ortho nitro benzene ring substituents is 1. The van der Waals surface area contributed by atoms with Crippen LogP contribution in [0.5, 0.6) is 0 Å². The molecule has 5 nitrogen and oxygen atoms in total. The van der Waals surface area contributed by atoms with Crippen LogP contribution in [0.4, 0.5) is 5.69 Å². The second-order valence-corrected chi connectivity index (χ2v) is 4.68. The van der Waals surface area contributed by atoms with Crippen LogP contribution in [0.2, 0.25) is 0 Å². The first-order chi connectivity index (χ1) is 8.63. The summed E-state index contributed by atoms with van der Waals surface area (Å²) in [4.78, 5) is 22.1. The van der Waals surface area contributed by atoms with Crippen LogP contribution in [0.15, 0.2) is 29.2 Å². The molecule has 0 fully saturated rings. The van der Waals surface area contributed by atoms with E-state index < -0.39 is 4.92 Å². The van der Waals surface area contributed by atoms with E-state index in [1.807, 2.05) is 0 Å². The van der Waals surface area contributed by atoms with Crippen LogP contribution >= 0.6 is 11.8 Å². The van der Waals surface area contributed by atoms with Gasteiger partial charge in [0.15, 0.2) is 0 Å². The number of ether oxygens (including phenoxy) is 1. The largest absolute Gasteiger partial charge is 0.466 e. The van der Waals surface area contributed by atoms with Crippen LogP contribution in [-0.4, -0.2) is 23.3 Å². The third-order valence-corrected chi connectivity index (χ3v) is 3.25. The number of esters is 1. The number of carbonyl (C=O) groups excluding carboxylic acids is 1. The van der Waals surface area contributed by atoms with E-state index in [9.17, 15) is 14.9 Å². The van der Waals surface area contributed by atoms with Crippen molar-refractivity contribution in [3.8, 4) is 0 Å². The minimum absolute atomic E-state index is 0.0888. The quantitative estimate of drug-likeness (QED) is 0.250. The van der Waals surface area contributed by atoms with Gasteiger partial charge in [-0.25, -0.2) is 0 Å². The van der Waals surface area contributed by atoms with Crippen molar-refractivity contribution < 1.29 is 14.5 Å². The van der Waals surface area contributed by atoms with Crippen molar-refractivity contribution in [2.24, 2.45) is 0 Å². The zero-order valence-electron chi connectivity index (χ0n) is 10.1. The lowest BCUT2D eigenvalue weighted by atomic mass is 10.3. The third kappa shape index (κ3) is 5.18. The molecule has 0 aromatic heterocycles. The van der Waals surface area contributed by atoms with Crippen molar-refractivity contribution in [2.75, 3.05) is 12.4 Å². The van der Waals surface area contributed by atoms with E-state index in [-0.39, 0.29) is 11.7 Å². The molecule has 0 radical (unpaired) electrons. The summed E-state index contributed by atoms with van der Waals surface area (Å²) in [6.45, 7) is 2.19. The van der Waals surface area contributed by atoms with Gasteiger partial charge >= 0.3 is 5.97 Å². The molecule has 0 aliphatic rings. The molecule has 18 heavy (non-hydrogen) atoms. The number of nitrogens with zero attached hydrogens (tertiary/aromatic N) is 1. The summed E-state index contributed by atoms with van der Waals surface area (Å²) < 4.78 is 4.81. The van der Waals surface area contributed by atoms with Gasteiger partial charge in [0.25, 0.3) is 5.69 Å². The molecule has 1 rings (SSSR count). The van der Waals surface area contributed by atoms with Gasteiger partial charge in [-0.3, -0.25) is 14.9 Å². The van der Waals surface area contributed by atoms with Crippen LogP contribution in [0.25, 0.3) is 0 Å². The molecule has 0 aliphatic heterocycles. The van der Waals surface area contributed by atoms with Crippen LogP contribution < -0.4 is 0 Å². The normalized spacial score (nSPS) is 10.1. The lowest BCUT2D eigenvalue weighted by Gasteiger charge is -2.02. The Hall–Kier alpha value is -1.56. The first kappa shape index (κ1) is 14.5. The standard InChI is InChI=1S/C12H15NO4S/c1-2-17-12(14)4-3-9-18-11-7-5-10(6-8-11)13(15)16/h5-8H,2-4,9H2,1H3. The van der Waals surface area contributed by atoms with Gasteiger partial charge in [0.05, 0.1) is 11.5 Å². The number of nitro benzene ring substituents is 1. The van der Waals surface area contributed by atoms with E-state index in [2.05, 4.69) is 0 Å². The Bertz CT molecular complexity index is 405. The highest BCUT2D eigenvalue weighted by Gasteiger charge is 2.05. The average molecular weight is 269 g/mol. The molecule has 0 atom stereocenters. The second-order valence-electron chi connectivity index (χ2n) is 3.51. The topological polar surface area (TPSA) is 69.4 Å². The maximum absolute atomic E-state index is 11.1. The number of carbonyl (C=O) groups is 1. The fourth-order valence-corrected chi connectivity index (χ4v) is 2.16. The summed E-state index contributed by atoms with van der Waals surface area (Å²) in [5, 5.41) is 10.5. The summed E-state index contributed by atoms with van der Waals surface area (Å²) in [6, 6.07) is 6.39. The Morgan fingerprint density at radius 3 is 2.61 bits per heavy atom. The van der Waals surface area contributed by atoms with Crippen LogP contribution in [0.3, 0.4) is 0 Å². The monoisotopic (exact) mass is 269 g/mol. The maximum Gasteiger partial charge on any atom is 0.305 e. The number of hydrogen-bond acceptors (Lipinski definition) is 5. The smallest absolute Gasteiger partial charge is 0.305 e. The fraction of sp³-hybridized carbons (Fsp3) is 0.417. The lowest BCUT2D eigenvalue weighted by Crippen LogP contribution is -2.03. The Balaban J connectivity index is 2.27. The second kappa shape index (κ2) is 7.71. The van der Waals surface area contributed by atoms with Crippen molar-refractivity contribution >= 4 is 23.4 Å². The number of nitro groups is 1. The molecule has 0 bridgehead atoms. The summed E-state index contributed by atoms with van der Waals surface area (Å²) in [7, 11) is 0. The zero-order valence-corrected chi connectivity index (χ0v) is 10.9. The number of benzene rings is 1. The van der Waals surface area contributed by atoms with Crippen molar-refractivity contribution in [3.05, 3.63) is 34.4 Å². The Morgan fingerprint density at radius 2 is 2.06 bits per heavy atom. The van der Waals surface area contributed by atoms with Crippen molar-refractivity contribution in [1.82, 2.24) is 0 Å². The molecule has 0 saturated heterocycles. The van der Waals surface area contributed by atoms with Crippen molar-refractivity contribution in [1.29, 1.82) is 0 Å². The van der Waals surface area contributed by atoms with Crippen LogP contribution in [0, 0.1) is 10.1 Å². The predicted octanol–water partition coefficient (Wildman–Crippen LogP) is 3.03. The van der Waals surface area contributed by atoms with Crippen LogP contribution in [-0.2, 0) is 9.53 Å². The average Bonchev–Trinajstić information content (AvgIpc) is 2.35. The highest BCUT2D eigenvalue weighted by molar-refractivity contribution is 7.99. The van der Waals surface area contributed by atoms with Crippen molar-refractivity contribution in [2.45, 2.75) is 24.7 Å². The number of hydrogen-bond donors (Lipinski definition) is 0. The Morgan fingerprint density at radius 1 is 1.39 bits per heavy atom. The van der Waals surface area contributed by atoms with Gasteiger partial charge in [-0.05, 0) is 31.2 Å². The highest BCUT2D eigenvalue weighted by atomic mass is 32.2. The summed E-state index contributed by atoms with van der Waals surface area (Å²) >= 11 is 1.57. The zero-order chi connectivity index (χ0) is 13.4. The molecule has 0 aliphatic carbocycles. The maximum atomic E-state index is 11.1. The molecule has 0 N–H and O–H groups in total. The van der Waals surface area contributed by atoms with Gasteiger partial charge in [-0.15, -0.1) is 11.8 Å². The molecule has 98 valence electrons. The van der Waals surface area contributed by atoms with Gasteiger partial charge in [-0.2, -0.15) is 0 Å². The van der Waals surface area contributed by atoms with Gasteiger partial charge in [0.2, 0.25) is 0 Å². The van der Waals surface area contributed by atoms with E-state index in [0.717, 1.165) is 17.1 Å². The summed E-state index contributed by atoms with van der Waals surface area (Å²) in [6.07, 6.45) is 1.15. The SMILES string of the molecule is CCOC(=O)CCCSc1ccc([N+](=O)[O-])cc1. The minimum atomic E-state index is -0.421. The number of rotatable bonds is 7. The van der Waals surface area contributed by atoms with Gasteiger partial charge < -0.3 is 4.74 Å². The molecule has 0 heterocycles. The molecular weight excluding hydrogens is 254 g/mol. The fourth-order valence-electron chi connectivity index (χ4n) is 1.30. The summed E-state index contributed by atoms with van der Waals surface area (Å²) in [5.41, 5.74) is 0.0888. The number of thioether (sulfide) groups is 1. The van der Waals surface area contributed by atoms with Gasteiger partial charge in [0, 0.05) is 23.4 Å². The molecule has 0 spiro atoms. The Labute approximate surface area is 110 Å². The molecule has 1 aromatic rings. The molecule has 6 heteroatoms. The lowest BCUT2D eigenvalue weighted by molar-refractivity contribution is -0.384. The first-order valence-electron chi connectivity index (χ1n) is 5.66. The highest BCUT2D eigenvalue weighted by Crippen LogP contribution is 2.22. The van der Waals surface area contributed by atoms with E-state index >= 15 is 0 Å². The van der Waals surface area contributed by atoms with E-state index in [4.69, 9.17) is 4.74 Å². The first-order valence-corrected chi connectivity index (χ1v) is 6.65. The van der Waals surface area contributed by atoms with E-state index in [1.54, 1.807) is 30.8 Å². The van der Waals surface area contributed by atoms with Crippen molar-refractivity contribution in [3.63, 3.8) is 0 Å². The molecule has 0 amide bonds. The van der Waals surface area contributed by atoms with Crippen LogP contribution in [0.1, 0.15) is 19.8 Å². The van der Waals surface area contributed by atoms with Gasteiger partial charge in [0.1, 0.15) is 0 Å². The minimum Gasteiger partial charge on any atom is -0.466 e. The molecule has 0 unspecified atom stereocenters. The molecular formula is C12H15NO4S. The van der Waals surface area contributed by atoms with E-state index in [1.165, 1.54) is 12.1 Å². The predicted molar refractivity (Wildman–Crippen MR) is 69.7 cm³/mol. The Kier molecular flexibility index (Phi) is 6.21. The van der Waals surface area contributed by atoms with E-state index in [0.29, 0.717) is 13.0 Å². The summed E-state index contributed by atoms with van der Waals surface area (Å²) in [5.74, 6) is 0.609.